The van der Waals surface area contributed by atoms with Crippen molar-refractivity contribution in [3.8, 4) is 17.9 Å². The Morgan fingerprint density at radius 3 is 2.72 bits per heavy atom. The van der Waals surface area contributed by atoms with Gasteiger partial charge in [0.05, 0.1) is 5.56 Å². The molecule has 3 rings (SSSR count). The molecule has 0 spiro atoms. The lowest BCUT2D eigenvalue weighted by Gasteiger charge is -2.33. The van der Waals surface area contributed by atoms with Gasteiger partial charge in [-0.2, -0.15) is 5.26 Å². The summed E-state index contributed by atoms with van der Waals surface area (Å²) in [6.07, 6.45) is 3.26. The zero-order valence-electron chi connectivity index (χ0n) is 16.6. The highest BCUT2D eigenvalue weighted by Crippen LogP contribution is 2.21. The first-order valence-electron chi connectivity index (χ1n) is 9.62. The minimum Gasteiger partial charge on any atom is -0.378 e. The average Bonchev–Trinajstić information content (AvgIpc) is 2.72. The number of nitriles is 1. The van der Waals surface area contributed by atoms with E-state index >= 15 is 0 Å². The summed E-state index contributed by atoms with van der Waals surface area (Å²) in [5.41, 5.74) is 0.727. The highest BCUT2D eigenvalue weighted by atomic mass is 16.3. The second-order valence-corrected chi connectivity index (χ2v) is 7.61. The Hall–Kier alpha value is -3.35. The van der Waals surface area contributed by atoms with Crippen LogP contribution in [0.5, 0.6) is 0 Å². The van der Waals surface area contributed by atoms with Crippen LogP contribution in [-0.4, -0.2) is 40.7 Å². The number of carbonyl (C=O) groups excluding carboxylic acids is 1. The SMILES string of the molecule is CC(C)(O)C#Cc1cccc(C(=O)NC2CCN(c3ncccc3C#N)CC2)c1. The van der Waals surface area contributed by atoms with Crippen LogP contribution in [0, 0.1) is 23.2 Å². The maximum atomic E-state index is 12.6. The lowest BCUT2D eigenvalue weighted by Crippen LogP contribution is -2.45. The van der Waals surface area contributed by atoms with E-state index in [1.807, 2.05) is 6.07 Å². The quantitative estimate of drug-likeness (QED) is 0.789. The van der Waals surface area contributed by atoms with Crippen LogP contribution in [0.25, 0.3) is 0 Å². The number of piperidine rings is 1. The van der Waals surface area contributed by atoms with Gasteiger partial charge in [0.25, 0.3) is 5.91 Å². The predicted octanol–water partition coefficient (Wildman–Crippen LogP) is 2.47. The Balaban J connectivity index is 1.60. The van der Waals surface area contributed by atoms with Gasteiger partial charge < -0.3 is 15.3 Å². The first kappa shape index (κ1) is 20.4. The molecule has 0 aliphatic carbocycles. The summed E-state index contributed by atoms with van der Waals surface area (Å²) < 4.78 is 0. The topological polar surface area (TPSA) is 89.2 Å². The summed E-state index contributed by atoms with van der Waals surface area (Å²) in [6, 6.07) is 12.9. The van der Waals surface area contributed by atoms with Crippen LogP contribution in [0.3, 0.4) is 0 Å². The summed E-state index contributed by atoms with van der Waals surface area (Å²) in [7, 11) is 0. The number of rotatable bonds is 3. The van der Waals surface area contributed by atoms with Gasteiger partial charge in [-0.05, 0) is 57.0 Å². The van der Waals surface area contributed by atoms with E-state index in [1.54, 1.807) is 50.4 Å². The third-order valence-corrected chi connectivity index (χ3v) is 4.67. The van der Waals surface area contributed by atoms with Crippen molar-refractivity contribution in [2.24, 2.45) is 0 Å². The number of carbonyl (C=O) groups is 1. The first-order valence-corrected chi connectivity index (χ1v) is 9.62. The summed E-state index contributed by atoms with van der Waals surface area (Å²) in [6.45, 7) is 4.70. The van der Waals surface area contributed by atoms with Crippen molar-refractivity contribution in [2.75, 3.05) is 18.0 Å². The molecule has 0 bridgehead atoms. The highest BCUT2D eigenvalue weighted by Gasteiger charge is 2.23. The zero-order chi connectivity index (χ0) is 20.9. The molecule has 2 aromatic rings. The molecule has 0 saturated carbocycles. The molecule has 1 amide bonds. The molecule has 2 heterocycles. The maximum Gasteiger partial charge on any atom is 0.251 e. The van der Waals surface area contributed by atoms with Crippen molar-refractivity contribution in [3.05, 3.63) is 59.3 Å². The monoisotopic (exact) mass is 388 g/mol. The molecule has 2 N–H and O–H groups in total. The molecule has 1 saturated heterocycles. The Bertz CT molecular complexity index is 984. The van der Waals surface area contributed by atoms with E-state index in [9.17, 15) is 15.2 Å². The summed E-state index contributed by atoms with van der Waals surface area (Å²) in [5.74, 6) is 6.23. The van der Waals surface area contributed by atoms with Gasteiger partial charge in [-0.3, -0.25) is 4.79 Å². The Morgan fingerprint density at radius 1 is 1.28 bits per heavy atom. The standard InChI is InChI=1S/C23H24N4O2/c1-23(2,29)11-8-17-5-3-6-18(15-17)22(28)26-20-9-13-27(14-10-20)21-19(16-24)7-4-12-25-21/h3-7,12,15,20,29H,9-10,13-14H2,1-2H3,(H,26,28). The zero-order valence-corrected chi connectivity index (χ0v) is 16.6. The van der Waals surface area contributed by atoms with Gasteiger partial charge in [0.15, 0.2) is 0 Å². The van der Waals surface area contributed by atoms with Gasteiger partial charge in [-0.25, -0.2) is 4.98 Å². The summed E-state index contributed by atoms with van der Waals surface area (Å²) in [4.78, 5) is 19.1. The number of amides is 1. The molecule has 6 heteroatoms. The molecule has 148 valence electrons. The number of benzene rings is 1. The van der Waals surface area contributed by atoms with Crippen LogP contribution in [0.1, 0.15) is 48.2 Å². The molecule has 1 aromatic carbocycles. The van der Waals surface area contributed by atoms with E-state index < -0.39 is 5.60 Å². The Kier molecular flexibility index (Phi) is 6.16. The van der Waals surface area contributed by atoms with E-state index in [0.717, 1.165) is 25.9 Å². The van der Waals surface area contributed by atoms with E-state index in [2.05, 4.69) is 33.1 Å². The molecule has 1 aromatic heterocycles. The Morgan fingerprint density at radius 2 is 2.03 bits per heavy atom. The number of hydrogen-bond acceptors (Lipinski definition) is 5. The third kappa shape index (κ3) is 5.57. The number of nitrogens with one attached hydrogen (secondary N) is 1. The fourth-order valence-corrected chi connectivity index (χ4v) is 3.20. The number of anilines is 1. The van der Waals surface area contributed by atoms with Crippen molar-refractivity contribution in [1.82, 2.24) is 10.3 Å². The average molecular weight is 388 g/mol. The van der Waals surface area contributed by atoms with Crippen molar-refractivity contribution in [2.45, 2.75) is 38.3 Å². The molecule has 0 unspecified atom stereocenters. The van der Waals surface area contributed by atoms with Crippen molar-refractivity contribution < 1.29 is 9.90 Å². The first-order chi connectivity index (χ1) is 13.9. The van der Waals surface area contributed by atoms with Crippen molar-refractivity contribution >= 4 is 11.7 Å². The van der Waals surface area contributed by atoms with Crippen LogP contribution in [0.2, 0.25) is 0 Å². The van der Waals surface area contributed by atoms with Crippen molar-refractivity contribution in [1.29, 1.82) is 5.26 Å². The van der Waals surface area contributed by atoms with E-state index in [0.29, 0.717) is 22.5 Å². The largest absolute Gasteiger partial charge is 0.378 e. The van der Waals surface area contributed by atoms with Gasteiger partial charge in [0.2, 0.25) is 0 Å². The van der Waals surface area contributed by atoms with Gasteiger partial charge >= 0.3 is 0 Å². The van der Waals surface area contributed by atoms with Crippen LogP contribution < -0.4 is 10.2 Å². The number of nitrogens with zero attached hydrogens (tertiary/aromatic N) is 3. The van der Waals surface area contributed by atoms with E-state index in [1.165, 1.54) is 0 Å². The van der Waals surface area contributed by atoms with E-state index in [4.69, 9.17) is 0 Å². The second-order valence-electron chi connectivity index (χ2n) is 7.61. The molecule has 0 atom stereocenters. The van der Waals surface area contributed by atoms with Gasteiger partial charge in [-0.1, -0.05) is 17.9 Å². The van der Waals surface area contributed by atoms with Gasteiger partial charge in [0.1, 0.15) is 17.5 Å². The Labute approximate surface area is 171 Å². The fraction of sp³-hybridized carbons (Fsp3) is 0.348. The number of aromatic nitrogens is 1. The second kappa shape index (κ2) is 8.77. The van der Waals surface area contributed by atoms with Crippen molar-refractivity contribution in [3.63, 3.8) is 0 Å². The van der Waals surface area contributed by atoms with E-state index in [-0.39, 0.29) is 11.9 Å². The minimum atomic E-state index is -1.08. The highest BCUT2D eigenvalue weighted by molar-refractivity contribution is 5.94. The van der Waals surface area contributed by atoms with Crippen LogP contribution in [-0.2, 0) is 0 Å². The van der Waals surface area contributed by atoms with Crippen LogP contribution in [0.15, 0.2) is 42.6 Å². The minimum absolute atomic E-state index is 0.0686. The molecule has 1 fully saturated rings. The summed E-state index contributed by atoms with van der Waals surface area (Å²) >= 11 is 0. The normalized spacial score (nSPS) is 14.5. The van der Waals surface area contributed by atoms with Crippen LogP contribution in [0.4, 0.5) is 5.82 Å². The van der Waals surface area contributed by atoms with Gasteiger partial charge in [0, 0.05) is 36.5 Å². The lowest BCUT2D eigenvalue weighted by molar-refractivity contribution is 0.0931. The molecule has 29 heavy (non-hydrogen) atoms. The van der Waals surface area contributed by atoms with Gasteiger partial charge in [-0.15, -0.1) is 0 Å². The maximum absolute atomic E-state index is 12.6. The van der Waals surface area contributed by atoms with Crippen LogP contribution >= 0.6 is 0 Å². The molecule has 1 aliphatic rings. The third-order valence-electron chi connectivity index (χ3n) is 4.67. The molecular weight excluding hydrogens is 364 g/mol. The molecule has 0 radical (unpaired) electrons. The lowest BCUT2D eigenvalue weighted by atomic mass is 10.0. The number of aliphatic hydroxyl groups is 1. The molecular formula is C23H24N4O2. The summed E-state index contributed by atoms with van der Waals surface area (Å²) in [5, 5.41) is 22.1. The number of pyridine rings is 1. The fourth-order valence-electron chi connectivity index (χ4n) is 3.20. The molecule has 6 nitrogen and oxygen atoms in total. The number of hydrogen-bond donors (Lipinski definition) is 2. The molecule has 1 aliphatic heterocycles. The predicted molar refractivity (Wildman–Crippen MR) is 111 cm³/mol. The smallest absolute Gasteiger partial charge is 0.251 e.